The Morgan fingerprint density at radius 1 is 1.43 bits per heavy atom. The van der Waals surface area contributed by atoms with Crippen molar-refractivity contribution in [1.29, 1.82) is 0 Å². The average Bonchev–Trinajstić information content (AvgIpc) is 2.18. The maximum atomic E-state index is 4.98. The Hall–Kier alpha value is -1.09. The van der Waals surface area contributed by atoms with Gasteiger partial charge >= 0.3 is 0 Å². The highest BCUT2D eigenvalue weighted by Crippen LogP contribution is 2.06. The van der Waals surface area contributed by atoms with Gasteiger partial charge in [0.2, 0.25) is 5.88 Å². The van der Waals surface area contributed by atoms with Crippen molar-refractivity contribution in [3.63, 3.8) is 0 Å². The fourth-order valence-electron chi connectivity index (χ4n) is 1.14. The van der Waals surface area contributed by atoms with Crippen molar-refractivity contribution in [1.82, 2.24) is 10.3 Å². The summed E-state index contributed by atoms with van der Waals surface area (Å²) in [4.78, 5) is 4.13. The van der Waals surface area contributed by atoms with Gasteiger partial charge in [0.05, 0.1) is 7.11 Å². The van der Waals surface area contributed by atoms with Gasteiger partial charge in [-0.15, -0.1) is 0 Å². The molecule has 0 aromatic carbocycles. The van der Waals surface area contributed by atoms with Crippen molar-refractivity contribution < 1.29 is 4.74 Å². The third-order valence-corrected chi connectivity index (χ3v) is 1.89. The number of hydrogen-bond acceptors (Lipinski definition) is 3. The lowest BCUT2D eigenvalue weighted by Crippen LogP contribution is -2.18. The summed E-state index contributed by atoms with van der Waals surface area (Å²) >= 11 is 0. The van der Waals surface area contributed by atoms with Crippen LogP contribution in [0.25, 0.3) is 0 Å². The maximum absolute atomic E-state index is 4.98. The smallest absolute Gasteiger partial charge is 0.212 e. The summed E-state index contributed by atoms with van der Waals surface area (Å²) in [6.07, 6.45) is 1.84. The highest BCUT2D eigenvalue weighted by atomic mass is 16.5. The van der Waals surface area contributed by atoms with Crippen LogP contribution in [0.15, 0.2) is 18.3 Å². The van der Waals surface area contributed by atoms with E-state index in [4.69, 9.17) is 4.74 Å². The van der Waals surface area contributed by atoms with Crippen molar-refractivity contribution in [2.45, 2.75) is 20.4 Å². The number of pyridine rings is 1. The lowest BCUT2D eigenvalue weighted by atomic mass is 10.2. The molecule has 0 unspecified atom stereocenters. The first-order valence-electron chi connectivity index (χ1n) is 4.92. The number of rotatable bonds is 5. The molecule has 1 N–H and O–H groups in total. The van der Waals surface area contributed by atoms with Gasteiger partial charge in [0, 0.05) is 18.8 Å². The van der Waals surface area contributed by atoms with Gasteiger partial charge in [0.25, 0.3) is 0 Å². The second-order valence-electron chi connectivity index (χ2n) is 3.73. The van der Waals surface area contributed by atoms with E-state index < -0.39 is 0 Å². The van der Waals surface area contributed by atoms with Gasteiger partial charge in [0.15, 0.2) is 0 Å². The Kier molecular flexibility index (Phi) is 4.40. The Labute approximate surface area is 85.5 Å². The lowest BCUT2D eigenvalue weighted by Gasteiger charge is -2.07. The molecule has 0 atom stereocenters. The molecule has 3 heteroatoms. The molecule has 1 rings (SSSR count). The van der Waals surface area contributed by atoms with E-state index in [1.807, 2.05) is 18.3 Å². The summed E-state index contributed by atoms with van der Waals surface area (Å²) < 4.78 is 4.98. The topological polar surface area (TPSA) is 34.1 Å². The minimum absolute atomic E-state index is 0.664. The first-order chi connectivity index (χ1) is 6.72. The monoisotopic (exact) mass is 194 g/mol. The zero-order valence-electron chi connectivity index (χ0n) is 9.08. The van der Waals surface area contributed by atoms with Gasteiger partial charge in [-0.05, 0) is 18.0 Å². The quantitative estimate of drug-likeness (QED) is 0.776. The summed E-state index contributed by atoms with van der Waals surface area (Å²) in [5.41, 5.74) is 1.19. The van der Waals surface area contributed by atoms with Gasteiger partial charge in [-0.2, -0.15) is 0 Å². The van der Waals surface area contributed by atoms with Crippen LogP contribution in [0.3, 0.4) is 0 Å². The number of ether oxygens (including phenoxy) is 1. The molecule has 0 fully saturated rings. The lowest BCUT2D eigenvalue weighted by molar-refractivity contribution is 0.397. The standard InChI is InChI=1S/C11H18N2O/c1-9(2)6-12-7-10-4-5-11(14-3)13-8-10/h4-5,8-9,12H,6-7H2,1-3H3. The third-order valence-electron chi connectivity index (χ3n) is 1.89. The molecule has 0 aliphatic rings. The normalized spacial score (nSPS) is 10.6. The predicted molar refractivity (Wildman–Crippen MR) is 57.3 cm³/mol. The number of hydrogen-bond donors (Lipinski definition) is 1. The molecule has 0 saturated heterocycles. The third kappa shape index (κ3) is 3.75. The van der Waals surface area contributed by atoms with Crippen LogP contribution >= 0.6 is 0 Å². The Balaban J connectivity index is 2.36. The predicted octanol–water partition coefficient (Wildman–Crippen LogP) is 1.84. The molecule has 3 nitrogen and oxygen atoms in total. The second-order valence-corrected chi connectivity index (χ2v) is 3.73. The molecule has 1 aromatic heterocycles. The van der Waals surface area contributed by atoms with Gasteiger partial charge in [-0.1, -0.05) is 19.9 Å². The van der Waals surface area contributed by atoms with Gasteiger partial charge < -0.3 is 10.1 Å². The Morgan fingerprint density at radius 2 is 2.21 bits per heavy atom. The van der Waals surface area contributed by atoms with E-state index >= 15 is 0 Å². The second kappa shape index (κ2) is 5.60. The first kappa shape index (κ1) is 11.0. The van der Waals surface area contributed by atoms with Crippen LogP contribution in [0.1, 0.15) is 19.4 Å². The molecule has 0 aliphatic heterocycles. The molecule has 78 valence electrons. The Bertz CT molecular complexity index is 256. The molecule has 0 saturated carbocycles. The van der Waals surface area contributed by atoms with Crippen LogP contribution in [0.2, 0.25) is 0 Å². The minimum atomic E-state index is 0.664. The summed E-state index contributed by atoms with van der Waals surface area (Å²) in [5.74, 6) is 1.35. The van der Waals surface area contributed by atoms with Crippen LogP contribution in [0, 0.1) is 5.92 Å². The van der Waals surface area contributed by atoms with E-state index in [2.05, 4.69) is 24.1 Å². The van der Waals surface area contributed by atoms with Gasteiger partial charge in [-0.3, -0.25) is 0 Å². The van der Waals surface area contributed by atoms with Crippen molar-refractivity contribution in [2.24, 2.45) is 5.92 Å². The molecule has 0 amide bonds. The van der Waals surface area contributed by atoms with E-state index in [-0.39, 0.29) is 0 Å². The fraction of sp³-hybridized carbons (Fsp3) is 0.545. The summed E-state index contributed by atoms with van der Waals surface area (Å²) in [6, 6.07) is 3.91. The number of nitrogens with one attached hydrogen (secondary N) is 1. The summed E-state index contributed by atoms with van der Waals surface area (Å²) in [7, 11) is 1.62. The molecular weight excluding hydrogens is 176 g/mol. The van der Waals surface area contributed by atoms with Crippen LogP contribution in [-0.2, 0) is 6.54 Å². The number of methoxy groups -OCH3 is 1. The van der Waals surface area contributed by atoms with Crippen LogP contribution in [0.4, 0.5) is 0 Å². The van der Waals surface area contributed by atoms with Gasteiger partial charge in [-0.25, -0.2) is 4.98 Å². The van der Waals surface area contributed by atoms with Gasteiger partial charge in [0.1, 0.15) is 0 Å². The summed E-state index contributed by atoms with van der Waals surface area (Å²) in [5, 5.41) is 3.36. The molecule has 14 heavy (non-hydrogen) atoms. The SMILES string of the molecule is COc1ccc(CNCC(C)C)cn1. The molecule has 0 radical (unpaired) electrons. The van der Waals surface area contributed by atoms with E-state index in [1.165, 1.54) is 5.56 Å². The van der Waals surface area contributed by atoms with E-state index in [1.54, 1.807) is 7.11 Å². The van der Waals surface area contributed by atoms with Crippen LogP contribution < -0.4 is 10.1 Å². The first-order valence-corrected chi connectivity index (χ1v) is 4.92. The highest BCUT2D eigenvalue weighted by Gasteiger charge is 1.96. The van der Waals surface area contributed by atoms with Crippen molar-refractivity contribution in [3.8, 4) is 5.88 Å². The van der Waals surface area contributed by atoms with E-state index in [0.29, 0.717) is 11.8 Å². The molecular formula is C11H18N2O. The van der Waals surface area contributed by atoms with Crippen molar-refractivity contribution in [3.05, 3.63) is 23.9 Å². The molecule has 1 heterocycles. The molecule has 0 bridgehead atoms. The Morgan fingerprint density at radius 3 is 2.71 bits per heavy atom. The summed E-state index contributed by atoms with van der Waals surface area (Å²) in [6.45, 7) is 6.29. The maximum Gasteiger partial charge on any atom is 0.212 e. The number of nitrogens with zero attached hydrogens (tertiary/aromatic N) is 1. The van der Waals surface area contributed by atoms with Crippen LogP contribution in [-0.4, -0.2) is 18.6 Å². The highest BCUT2D eigenvalue weighted by molar-refractivity contribution is 5.17. The molecule has 0 spiro atoms. The fourth-order valence-corrected chi connectivity index (χ4v) is 1.14. The number of aromatic nitrogens is 1. The zero-order valence-corrected chi connectivity index (χ0v) is 9.08. The van der Waals surface area contributed by atoms with Crippen molar-refractivity contribution >= 4 is 0 Å². The minimum Gasteiger partial charge on any atom is -0.481 e. The average molecular weight is 194 g/mol. The van der Waals surface area contributed by atoms with E-state index in [9.17, 15) is 0 Å². The molecule has 0 aliphatic carbocycles. The zero-order chi connectivity index (χ0) is 10.4. The largest absolute Gasteiger partial charge is 0.481 e. The molecule has 1 aromatic rings. The van der Waals surface area contributed by atoms with E-state index in [0.717, 1.165) is 13.1 Å². The van der Waals surface area contributed by atoms with Crippen LogP contribution in [0.5, 0.6) is 5.88 Å². The van der Waals surface area contributed by atoms with Crippen molar-refractivity contribution in [2.75, 3.05) is 13.7 Å².